The molecule has 3 aromatic rings. The number of carbonyl (C=O) groups excluding carboxylic acids is 1. The number of Topliss-reactive ketones (excluding diaryl/α,β-unsaturated/α-hetero) is 1. The molecule has 4 rings (SSSR count). The van der Waals surface area contributed by atoms with Gasteiger partial charge in [-0.25, -0.2) is 4.39 Å². The van der Waals surface area contributed by atoms with Crippen LogP contribution in [-0.4, -0.2) is 21.1 Å². The molecular formula is C26H25FN2O2S. The molecule has 0 bridgehead atoms. The highest BCUT2D eigenvalue weighted by atomic mass is 32.1. The van der Waals surface area contributed by atoms with Crippen LogP contribution in [0.2, 0.25) is 0 Å². The Kier molecular flexibility index (Phi) is 6.07. The second-order valence-electron chi connectivity index (χ2n) is 8.41. The summed E-state index contributed by atoms with van der Waals surface area (Å²) < 4.78 is 13.6. The van der Waals surface area contributed by atoms with E-state index in [9.17, 15) is 14.3 Å². The largest absolute Gasteiger partial charge is 0.512 e. The molecule has 0 saturated heterocycles. The number of carbonyl (C=O) groups is 1. The van der Waals surface area contributed by atoms with Crippen molar-refractivity contribution >= 4 is 28.8 Å². The third kappa shape index (κ3) is 4.15. The quantitative estimate of drug-likeness (QED) is 0.474. The summed E-state index contributed by atoms with van der Waals surface area (Å²) in [5.41, 5.74) is 4.74. The zero-order chi connectivity index (χ0) is 23.0. The molecule has 1 aliphatic rings. The third-order valence-electron chi connectivity index (χ3n) is 6.06. The first-order valence-corrected chi connectivity index (χ1v) is 11.4. The monoisotopic (exact) mass is 448 g/mol. The minimum absolute atomic E-state index is 0.0690. The summed E-state index contributed by atoms with van der Waals surface area (Å²) >= 11 is 1.40. The van der Waals surface area contributed by atoms with Gasteiger partial charge in [0.1, 0.15) is 21.6 Å². The molecule has 0 saturated carbocycles. The highest BCUT2D eigenvalue weighted by molar-refractivity contribution is 7.14. The number of nitrogens with zero attached hydrogens (tertiary/aromatic N) is 2. The predicted octanol–water partition coefficient (Wildman–Crippen LogP) is 6.66. The average Bonchev–Trinajstić information content (AvgIpc) is 3.24. The Morgan fingerprint density at radius 2 is 2.00 bits per heavy atom. The molecule has 2 aromatic carbocycles. The maximum atomic E-state index is 13.6. The fraction of sp³-hybridized carbons (Fsp3) is 0.269. The fourth-order valence-electron chi connectivity index (χ4n) is 4.42. The van der Waals surface area contributed by atoms with E-state index in [0.29, 0.717) is 29.0 Å². The standard InChI is InChI=1S/C26H25FN2O2S/c1-5-17-10-14(2)9-15(3)23(17)24-21(30)12-19(13-22(24)31)16(4)25-28-29-26(32-25)18-7-6-8-20(27)11-18/h5-11,16,19,30H,1,12-13H2,2-4H3. The van der Waals surface area contributed by atoms with Crippen LogP contribution in [0.5, 0.6) is 0 Å². The van der Waals surface area contributed by atoms with Crippen LogP contribution in [0.3, 0.4) is 0 Å². The molecule has 0 fully saturated rings. The van der Waals surface area contributed by atoms with Crippen LogP contribution >= 0.6 is 11.3 Å². The minimum atomic E-state index is -0.321. The molecule has 164 valence electrons. The number of aliphatic hydroxyl groups excluding tert-OH is 1. The van der Waals surface area contributed by atoms with Crippen molar-refractivity contribution in [2.45, 2.75) is 39.5 Å². The Bertz CT molecular complexity index is 1240. The van der Waals surface area contributed by atoms with Gasteiger partial charge in [0.15, 0.2) is 5.78 Å². The number of aliphatic hydroxyl groups is 1. The first-order valence-electron chi connectivity index (χ1n) is 10.6. The van der Waals surface area contributed by atoms with Crippen molar-refractivity contribution in [3.63, 3.8) is 0 Å². The number of allylic oxidation sites excluding steroid dienone is 2. The molecule has 6 heteroatoms. The summed E-state index contributed by atoms with van der Waals surface area (Å²) in [7, 11) is 0. The number of aromatic nitrogens is 2. The van der Waals surface area contributed by atoms with Crippen molar-refractivity contribution in [3.05, 3.63) is 81.8 Å². The zero-order valence-electron chi connectivity index (χ0n) is 18.4. The van der Waals surface area contributed by atoms with Crippen LogP contribution in [0.15, 0.2) is 48.7 Å². The van der Waals surface area contributed by atoms with E-state index in [1.807, 2.05) is 32.9 Å². The molecule has 0 spiro atoms. The van der Waals surface area contributed by atoms with Crippen LogP contribution in [0.4, 0.5) is 4.39 Å². The Hall–Kier alpha value is -3.12. The van der Waals surface area contributed by atoms with E-state index in [-0.39, 0.29) is 29.2 Å². The van der Waals surface area contributed by atoms with Crippen LogP contribution in [0.25, 0.3) is 22.2 Å². The molecule has 0 aliphatic heterocycles. The topological polar surface area (TPSA) is 63.1 Å². The second-order valence-corrected chi connectivity index (χ2v) is 9.42. The molecule has 0 radical (unpaired) electrons. The molecule has 32 heavy (non-hydrogen) atoms. The molecule has 1 aliphatic carbocycles. The van der Waals surface area contributed by atoms with E-state index in [1.165, 1.54) is 23.5 Å². The molecule has 1 N–H and O–H groups in total. The SMILES string of the molecule is C=Cc1cc(C)cc(C)c1C1=C(O)CC(C(C)c2nnc(-c3cccc(F)c3)s2)CC1=O. The van der Waals surface area contributed by atoms with Gasteiger partial charge in [0.2, 0.25) is 0 Å². The number of ketones is 1. The van der Waals surface area contributed by atoms with Crippen molar-refractivity contribution in [3.8, 4) is 10.6 Å². The lowest BCUT2D eigenvalue weighted by Gasteiger charge is -2.28. The molecule has 1 heterocycles. The van der Waals surface area contributed by atoms with E-state index in [0.717, 1.165) is 27.3 Å². The zero-order valence-corrected chi connectivity index (χ0v) is 19.2. The van der Waals surface area contributed by atoms with Gasteiger partial charge in [0, 0.05) is 24.3 Å². The molecule has 1 aromatic heterocycles. The van der Waals surface area contributed by atoms with Crippen LogP contribution in [-0.2, 0) is 4.79 Å². The minimum Gasteiger partial charge on any atom is -0.512 e. The van der Waals surface area contributed by atoms with E-state index >= 15 is 0 Å². The summed E-state index contributed by atoms with van der Waals surface area (Å²) in [4.78, 5) is 13.2. The number of hydrogen-bond donors (Lipinski definition) is 1. The number of benzene rings is 2. The number of rotatable bonds is 5. The van der Waals surface area contributed by atoms with Crippen molar-refractivity contribution < 1.29 is 14.3 Å². The third-order valence-corrected chi connectivity index (χ3v) is 7.23. The molecular weight excluding hydrogens is 423 g/mol. The first-order chi connectivity index (χ1) is 15.3. The Labute approximate surface area is 191 Å². The highest BCUT2D eigenvalue weighted by Crippen LogP contribution is 2.42. The van der Waals surface area contributed by atoms with Crippen molar-refractivity contribution in [1.82, 2.24) is 10.2 Å². The lowest BCUT2D eigenvalue weighted by atomic mass is 9.77. The van der Waals surface area contributed by atoms with E-state index in [4.69, 9.17) is 0 Å². The van der Waals surface area contributed by atoms with Crippen LogP contribution < -0.4 is 0 Å². The van der Waals surface area contributed by atoms with Crippen molar-refractivity contribution in [2.24, 2.45) is 5.92 Å². The lowest BCUT2D eigenvalue weighted by molar-refractivity contribution is -0.115. The smallest absolute Gasteiger partial charge is 0.167 e. The van der Waals surface area contributed by atoms with Gasteiger partial charge in [-0.2, -0.15) is 0 Å². The molecule has 0 amide bonds. The van der Waals surface area contributed by atoms with Gasteiger partial charge in [-0.05, 0) is 48.6 Å². The number of hydrogen-bond acceptors (Lipinski definition) is 5. The summed E-state index contributed by atoms with van der Waals surface area (Å²) in [5, 5.41) is 20.9. The van der Waals surface area contributed by atoms with Gasteiger partial charge in [0.05, 0.1) is 5.57 Å². The van der Waals surface area contributed by atoms with Gasteiger partial charge < -0.3 is 5.11 Å². The van der Waals surface area contributed by atoms with E-state index in [1.54, 1.807) is 18.2 Å². The van der Waals surface area contributed by atoms with Gasteiger partial charge in [-0.15, -0.1) is 10.2 Å². The van der Waals surface area contributed by atoms with Gasteiger partial charge in [0.25, 0.3) is 0 Å². The summed E-state index contributed by atoms with van der Waals surface area (Å²) in [6, 6.07) is 10.3. The highest BCUT2D eigenvalue weighted by Gasteiger charge is 2.34. The maximum absolute atomic E-state index is 13.6. The molecule has 2 unspecified atom stereocenters. The lowest BCUT2D eigenvalue weighted by Crippen LogP contribution is -2.23. The second kappa shape index (κ2) is 8.79. The summed E-state index contributed by atoms with van der Waals surface area (Å²) in [6.07, 6.45) is 2.44. The molecule has 2 atom stereocenters. The maximum Gasteiger partial charge on any atom is 0.167 e. The van der Waals surface area contributed by atoms with Crippen LogP contribution in [0.1, 0.15) is 52.9 Å². The summed E-state index contributed by atoms with van der Waals surface area (Å²) in [6.45, 7) is 9.83. The van der Waals surface area contributed by atoms with Crippen molar-refractivity contribution in [1.29, 1.82) is 0 Å². The van der Waals surface area contributed by atoms with E-state index < -0.39 is 0 Å². The predicted molar refractivity (Wildman–Crippen MR) is 127 cm³/mol. The fourth-order valence-corrected chi connectivity index (χ4v) is 5.41. The summed E-state index contributed by atoms with van der Waals surface area (Å²) in [5.74, 6) is -0.436. The average molecular weight is 449 g/mol. The van der Waals surface area contributed by atoms with Gasteiger partial charge in [-0.1, -0.05) is 60.7 Å². The molecule has 4 nitrogen and oxygen atoms in total. The number of halogens is 1. The Balaban J connectivity index is 1.62. The van der Waals surface area contributed by atoms with Gasteiger partial charge in [-0.3, -0.25) is 4.79 Å². The normalized spacial score (nSPS) is 17.5. The number of aryl methyl sites for hydroxylation is 2. The Morgan fingerprint density at radius 1 is 1.22 bits per heavy atom. The van der Waals surface area contributed by atoms with Crippen LogP contribution in [0, 0.1) is 25.6 Å². The van der Waals surface area contributed by atoms with E-state index in [2.05, 4.69) is 16.8 Å². The van der Waals surface area contributed by atoms with Gasteiger partial charge >= 0.3 is 0 Å². The Morgan fingerprint density at radius 3 is 2.69 bits per heavy atom. The van der Waals surface area contributed by atoms with Crippen molar-refractivity contribution in [2.75, 3.05) is 0 Å². The first kappa shape index (κ1) is 22.1.